The molecule has 4 rings (SSSR count). The number of aromatic nitrogens is 2. The minimum absolute atomic E-state index is 0.216. The van der Waals surface area contributed by atoms with E-state index in [-0.39, 0.29) is 11.0 Å². The van der Waals surface area contributed by atoms with Gasteiger partial charge in [0.2, 0.25) is 0 Å². The maximum atomic E-state index is 13.3. The summed E-state index contributed by atoms with van der Waals surface area (Å²) in [6, 6.07) is 18.7. The van der Waals surface area contributed by atoms with Crippen molar-refractivity contribution >= 4 is 60.6 Å². The van der Waals surface area contributed by atoms with Gasteiger partial charge in [-0.25, -0.2) is 4.98 Å². The van der Waals surface area contributed by atoms with Crippen LogP contribution in [0.3, 0.4) is 0 Å². The lowest BCUT2D eigenvalue weighted by atomic mass is 9.95. The Balaban J connectivity index is 1.65. The molecule has 0 unspecified atom stereocenters. The summed E-state index contributed by atoms with van der Waals surface area (Å²) in [5.74, 6) is 1.27. The van der Waals surface area contributed by atoms with Crippen molar-refractivity contribution in [2.75, 3.05) is 0 Å². The molecule has 4 aromatic rings. The average molecular weight is 604 g/mol. The van der Waals surface area contributed by atoms with Gasteiger partial charge >= 0.3 is 0 Å². The second kappa shape index (κ2) is 10.0. The molecule has 0 aliphatic rings. The lowest BCUT2D eigenvalue weighted by Gasteiger charge is -2.20. The fraction of sp³-hybridized carbons (Fsp3) is 0.192. The van der Waals surface area contributed by atoms with Crippen LogP contribution in [-0.4, -0.2) is 15.9 Å². The van der Waals surface area contributed by atoms with Crippen LogP contribution in [0.2, 0.25) is 5.02 Å². The molecule has 0 fully saturated rings. The monoisotopic (exact) mass is 601 g/mol. The second-order valence-electron chi connectivity index (χ2n) is 8.78. The topological polar surface area (TPSA) is 56.5 Å². The molecule has 0 saturated carbocycles. The Morgan fingerprint density at radius 1 is 1.09 bits per heavy atom. The van der Waals surface area contributed by atoms with Crippen molar-refractivity contribution in [3.05, 3.63) is 102 Å². The summed E-state index contributed by atoms with van der Waals surface area (Å²) < 4.78 is 8.88. The van der Waals surface area contributed by atoms with Gasteiger partial charge in [-0.15, -0.1) is 0 Å². The summed E-state index contributed by atoms with van der Waals surface area (Å²) in [7, 11) is 0. The smallest absolute Gasteiger partial charge is 0.282 e. The maximum Gasteiger partial charge on any atom is 0.282 e. The lowest BCUT2D eigenvalue weighted by molar-refractivity contribution is 0.304. The summed E-state index contributed by atoms with van der Waals surface area (Å²) in [5, 5.41) is 5.69. The van der Waals surface area contributed by atoms with E-state index in [1.807, 2.05) is 75.4 Å². The molecule has 3 aromatic carbocycles. The van der Waals surface area contributed by atoms with Crippen molar-refractivity contribution in [2.24, 2.45) is 5.10 Å². The summed E-state index contributed by atoms with van der Waals surface area (Å²) in [4.78, 5) is 18.0. The van der Waals surface area contributed by atoms with Crippen LogP contribution in [0.4, 0.5) is 0 Å². The molecule has 1 aromatic heterocycles. The Hall–Kier alpha value is -2.48. The fourth-order valence-corrected chi connectivity index (χ4v) is 4.41. The number of nitrogens with zero attached hydrogens (tertiary/aromatic N) is 3. The highest BCUT2D eigenvalue weighted by atomic mass is 79.9. The van der Waals surface area contributed by atoms with Crippen LogP contribution >= 0.6 is 43.5 Å². The molecule has 0 radical (unpaired) electrons. The first-order chi connectivity index (χ1) is 16.1. The first kappa shape index (κ1) is 24.6. The molecular formula is C26H22Br2ClN3O2. The van der Waals surface area contributed by atoms with Crippen LogP contribution in [0.5, 0.6) is 5.75 Å². The van der Waals surface area contributed by atoms with E-state index in [1.165, 1.54) is 4.68 Å². The third-order valence-electron chi connectivity index (χ3n) is 5.10. The van der Waals surface area contributed by atoms with Gasteiger partial charge in [0.25, 0.3) is 5.56 Å². The molecule has 0 bridgehead atoms. The first-order valence-corrected chi connectivity index (χ1v) is 12.5. The fourth-order valence-electron chi connectivity index (χ4n) is 3.35. The van der Waals surface area contributed by atoms with Crippen LogP contribution in [0.15, 0.2) is 79.5 Å². The van der Waals surface area contributed by atoms with E-state index in [0.29, 0.717) is 34.1 Å². The molecule has 0 aliphatic heterocycles. The Bertz CT molecular complexity index is 1460. The molecule has 0 N–H and O–H groups in total. The molecule has 0 amide bonds. The zero-order valence-electron chi connectivity index (χ0n) is 18.8. The van der Waals surface area contributed by atoms with Gasteiger partial charge in [-0.2, -0.15) is 9.78 Å². The highest BCUT2D eigenvalue weighted by Gasteiger charge is 2.23. The number of halogens is 3. The van der Waals surface area contributed by atoms with Gasteiger partial charge in [-0.05, 0) is 64.0 Å². The predicted molar refractivity (Wildman–Crippen MR) is 145 cm³/mol. The van der Waals surface area contributed by atoms with Crippen LogP contribution in [-0.2, 0) is 12.0 Å². The van der Waals surface area contributed by atoms with Crippen molar-refractivity contribution in [2.45, 2.75) is 32.8 Å². The number of fused-ring (bicyclic) bond motifs is 1. The molecule has 1 heterocycles. The van der Waals surface area contributed by atoms with Crippen molar-refractivity contribution in [3.63, 3.8) is 0 Å². The number of rotatable bonds is 5. The zero-order valence-corrected chi connectivity index (χ0v) is 22.8. The standard InChI is InChI=1S/C26H22Br2ClN3O2/c1-26(2,3)25-31-22-10-9-18(27)13-19(22)24(33)32(25)30-14-16-8-11-23(20(28)12-16)34-15-17-6-4-5-7-21(17)29/h4-14H,15H2,1-3H3. The minimum Gasteiger partial charge on any atom is -0.488 e. The largest absolute Gasteiger partial charge is 0.488 e. The highest BCUT2D eigenvalue weighted by molar-refractivity contribution is 9.10. The van der Waals surface area contributed by atoms with E-state index in [0.717, 1.165) is 20.1 Å². The molecule has 0 atom stereocenters. The predicted octanol–water partition coefficient (Wildman–Crippen LogP) is 7.33. The molecule has 5 nitrogen and oxygen atoms in total. The maximum absolute atomic E-state index is 13.3. The summed E-state index contributed by atoms with van der Waals surface area (Å²) in [6.07, 6.45) is 1.64. The van der Waals surface area contributed by atoms with Gasteiger partial charge in [-0.3, -0.25) is 4.79 Å². The van der Waals surface area contributed by atoms with Crippen LogP contribution in [0, 0.1) is 0 Å². The summed E-state index contributed by atoms with van der Waals surface area (Å²) in [6.45, 7) is 6.38. The van der Waals surface area contributed by atoms with Gasteiger partial charge < -0.3 is 4.74 Å². The Kier molecular flexibility index (Phi) is 7.26. The van der Waals surface area contributed by atoms with Crippen LogP contribution < -0.4 is 10.3 Å². The molecule has 8 heteroatoms. The summed E-state index contributed by atoms with van der Waals surface area (Å²) >= 11 is 13.2. The van der Waals surface area contributed by atoms with Crippen molar-refractivity contribution in [3.8, 4) is 5.75 Å². The van der Waals surface area contributed by atoms with Crippen molar-refractivity contribution in [1.29, 1.82) is 0 Å². The SMILES string of the molecule is CC(C)(C)c1nc2ccc(Br)cc2c(=O)n1N=Cc1ccc(OCc2ccccc2Cl)c(Br)c1. The third-order valence-corrected chi connectivity index (χ3v) is 6.58. The molecule has 0 aliphatic carbocycles. The van der Waals surface area contributed by atoms with Crippen molar-refractivity contribution < 1.29 is 4.74 Å². The number of hydrogen-bond donors (Lipinski definition) is 0. The number of benzene rings is 3. The average Bonchev–Trinajstić information content (AvgIpc) is 2.78. The van der Waals surface area contributed by atoms with Gasteiger partial charge in [0.1, 0.15) is 18.2 Å². The molecule has 34 heavy (non-hydrogen) atoms. The van der Waals surface area contributed by atoms with Gasteiger partial charge in [-0.1, -0.05) is 66.5 Å². The first-order valence-electron chi connectivity index (χ1n) is 10.6. The van der Waals surface area contributed by atoms with Crippen molar-refractivity contribution in [1.82, 2.24) is 9.66 Å². The zero-order chi connectivity index (χ0) is 24.5. The van der Waals surface area contributed by atoms with E-state index in [4.69, 9.17) is 21.3 Å². The van der Waals surface area contributed by atoms with Gasteiger partial charge in [0.05, 0.1) is 21.6 Å². The number of ether oxygens (including phenoxy) is 1. The van der Waals surface area contributed by atoms with Crippen LogP contribution in [0.25, 0.3) is 10.9 Å². The quantitative estimate of drug-likeness (QED) is 0.225. The summed E-state index contributed by atoms with van der Waals surface area (Å²) in [5.41, 5.74) is 1.76. The second-order valence-corrected chi connectivity index (χ2v) is 11.0. The normalized spacial score (nSPS) is 11.9. The molecular weight excluding hydrogens is 582 g/mol. The van der Waals surface area contributed by atoms with E-state index in [9.17, 15) is 4.79 Å². The Morgan fingerprint density at radius 2 is 1.85 bits per heavy atom. The van der Waals surface area contributed by atoms with Gasteiger partial charge in [0, 0.05) is 20.5 Å². The van der Waals surface area contributed by atoms with E-state index >= 15 is 0 Å². The lowest BCUT2D eigenvalue weighted by Crippen LogP contribution is -2.29. The Morgan fingerprint density at radius 3 is 2.56 bits per heavy atom. The van der Waals surface area contributed by atoms with E-state index < -0.39 is 0 Å². The molecule has 0 spiro atoms. The van der Waals surface area contributed by atoms with E-state index in [1.54, 1.807) is 12.3 Å². The van der Waals surface area contributed by atoms with E-state index in [2.05, 4.69) is 37.0 Å². The van der Waals surface area contributed by atoms with Gasteiger partial charge in [0.15, 0.2) is 0 Å². The van der Waals surface area contributed by atoms with Crippen LogP contribution in [0.1, 0.15) is 37.7 Å². The third kappa shape index (κ3) is 5.43. The molecule has 174 valence electrons. The highest BCUT2D eigenvalue weighted by Crippen LogP contribution is 2.28. The Labute approximate surface area is 219 Å². The number of hydrogen-bond acceptors (Lipinski definition) is 4. The minimum atomic E-state index is -0.380. The molecule has 0 saturated heterocycles.